The zero-order valence-corrected chi connectivity index (χ0v) is 6.94. The van der Waals surface area contributed by atoms with E-state index in [9.17, 15) is 0 Å². The summed E-state index contributed by atoms with van der Waals surface area (Å²) in [5.41, 5.74) is 0.933. The van der Waals surface area contributed by atoms with Crippen LogP contribution in [0.15, 0.2) is 23.3 Å². The van der Waals surface area contributed by atoms with Crippen molar-refractivity contribution >= 4 is 6.08 Å². The van der Waals surface area contributed by atoms with Crippen molar-refractivity contribution in [2.45, 2.75) is 13.0 Å². The molecule has 1 aliphatic heterocycles. The summed E-state index contributed by atoms with van der Waals surface area (Å²) in [4.78, 5) is 8.79. The second-order valence-corrected chi connectivity index (χ2v) is 3.64. The van der Waals surface area contributed by atoms with Crippen LogP contribution >= 0.6 is 0 Å². The fraction of sp³-hybridized carbons (Fsp3) is 0.400. The Kier molecular flexibility index (Phi) is 1.03. The maximum absolute atomic E-state index is 4.56. The molecule has 2 nitrogen and oxygen atoms in total. The van der Waals surface area contributed by atoms with Gasteiger partial charge in [0.1, 0.15) is 0 Å². The van der Waals surface area contributed by atoms with Gasteiger partial charge in [-0.05, 0) is 18.1 Å². The molecule has 3 rings (SSSR count). The molecule has 2 heteroatoms. The van der Waals surface area contributed by atoms with Crippen LogP contribution in [0.2, 0.25) is 0 Å². The van der Waals surface area contributed by atoms with Crippen molar-refractivity contribution in [3.63, 3.8) is 0 Å². The van der Waals surface area contributed by atoms with Crippen molar-refractivity contribution in [2.75, 3.05) is 0 Å². The lowest BCUT2D eigenvalue weighted by Crippen LogP contribution is -2.30. The smallest absolute Gasteiger partial charge is 0.154 e. The Morgan fingerprint density at radius 2 is 2.33 bits per heavy atom. The van der Waals surface area contributed by atoms with E-state index < -0.39 is 0 Å². The second-order valence-electron chi connectivity index (χ2n) is 3.64. The van der Waals surface area contributed by atoms with Crippen LogP contribution in [0.1, 0.15) is 6.92 Å². The molecule has 2 unspecified atom stereocenters. The Bertz CT molecular complexity index is 394. The van der Waals surface area contributed by atoms with Crippen LogP contribution in [0.3, 0.4) is 0 Å². The third-order valence-corrected chi connectivity index (χ3v) is 2.86. The molecule has 0 spiro atoms. The summed E-state index contributed by atoms with van der Waals surface area (Å²) in [5, 5.41) is 1.21. The Balaban J connectivity index is 2.31. The normalized spacial score (nSPS) is 35.6. The molecule has 1 aromatic heterocycles. The van der Waals surface area contributed by atoms with Gasteiger partial charge in [0.15, 0.2) is 5.49 Å². The first-order valence-corrected chi connectivity index (χ1v) is 4.37. The summed E-state index contributed by atoms with van der Waals surface area (Å²) in [6.45, 7) is 2.25. The minimum atomic E-state index is 0.535. The van der Waals surface area contributed by atoms with E-state index in [1.807, 2.05) is 12.3 Å². The lowest BCUT2D eigenvalue weighted by atomic mass is 10.2. The number of nitrogens with zero attached hydrogens (tertiary/aromatic N) is 2. The Morgan fingerprint density at radius 1 is 1.42 bits per heavy atom. The molecule has 0 aromatic carbocycles. The highest BCUT2D eigenvalue weighted by Crippen LogP contribution is 2.42. The molecule has 60 valence electrons. The molecule has 2 aliphatic rings. The zero-order valence-electron chi connectivity index (χ0n) is 6.94. The van der Waals surface area contributed by atoms with Crippen LogP contribution in [-0.4, -0.2) is 11.0 Å². The maximum Gasteiger partial charge on any atom is 0.154 e. The van der Waals surface area contributed by atoms with Gasteiger partial charge in [0.2, 0.25) is 0 Å². The average molecular weight is 158 g/mol. The van der Waals surface area contributed by atoms with Gasteiger partial charge in [-0.2, -0.15) is 0 Å². The van der Waals surface area contributed by atoms with Crippen molar-refractivity contribution in [2.24, 2.45) is 16.8 Å². The molecule has 2 heterocycles. The standard InChI is InChI=1S/C10H10N2/c1-6-8-5-7-3-2-4-11-10(7)12-9(6)8/h2-6,8-9H,1H3/t6-,8?,9?/m1/s1. The molecule has 0 saturated heterocycles. The predicted molar refractivity (Wildman–Crippen MR) is 45.9 cm³/mol. The highest BCUT2D eigenvalue weighted by Gasteiger charge is 2.46. The van der Waals surface area contributed by atoms with Gasteiger partial charge < -0.3 is 0 Å². The van der Waals surface area contributed by atoms with Crippen molar-refractivity contribution in [1.29, 1.82) is 0 Å². The van der Waals surface area contributed by atoms with Gasteiger partial charge in [-0.15, -0.1) is 0 Å². The highest BCUT2D eigenvalue weighted by atomic mass is 14.9. The Labute approximate surface area is 70.7 Å². The minimum Gasteiger partial charge on any atom is -0.262 e. The van der Waals surface area contributed by atoms with Crippen molar-refractivity contribution in [1.82, 2.24) is 4.98 Å². The number of fused-ring (bicyclic) bond motifs is 2. The molecule has 0 radical (unpaired) electrons. The van der Waals surface area contributed by atoms with Crippen molar-refractivity contribution < 1.29 is 0 Å². The fourth-order valence-electron chi connectivity index (χ4n) is 1.92. The number of aromatic nitrogens is 1. The zero-order chi connectivity index (χ0) is 8.13. The number of hydrogen-bond donors (Lipinski definition) is 0. The van der Waals surface area contributed by atoms with Gasteiger partial charge in [0.05, 0.1) is 6.04 Å². The van der Waals surface area contributed by atoms with Crippen LogP contribution in [0.5, 0.6) is 0 Å². The first kappa shape index (κ1) is 6.35. The van der Waals surface area contributed by atoms with Crippen LogP contribution in [0.25, 0.3) is 6.08 Å². The second kappa shape index (κ2) is 1.94. The number of pyridine rings is 1. The average Bonchev–Trinajstić information content (AvgIpc) is 2.74. The summed E-state index contributed by atoms with van der Waals surface area (Å²) >= 11 is 0. The highest BCUT2D eigenvalue weighted by molar-refractivity contribution is 5.37. The topological polar surface area (TPSA) is 25.2 Å². The van der Waals surface area contributed by atoms with Gasteiger partial charge in [-0.1, -0.05) is 13.0 Å². The third-order valence-electron chi connectivity index (χ3n) is 2.86. The van der Waals surface area contributed by atoms with Gasteiger partial charge in [-0.25, -0.2) is 4.98 Å². The van der Waals surface area contributed by atoms with Crippen LogP contribution in [-0.2, 0) is 0 Å². The lowest BCUT2D eigenvalue weighted by molar-refractivity contribution is 0.854. The van der Waals surface area contributed by atoms with Gasteiger partial charge >= 0.3 is 0 Å². The monoisotopic (exact) mass is 158 g/mol. The molecule has 3 atom stereocenters. The van der Waals surface area contributed by atoms with E-state index in [2.05, 4.69) is 29.0 Å². The van der Waals surface area contributed by atoms with Crippen LogP contribution in [0.4, 0.5) is 0 Å². The SMILES string of the molecule is C[C@@H]1C2C=c3cccnc3=NC21. The van der Waals surface area contributed by atoms with Crippen molar-refractivity contribution in [3.8, 4) is 0 Å². The first-order valence-electron chi connectivity index (χ1n) is 4.37. The van der Waals surface area contributed by atoms with Gasteiger partial charge in [-0.3, -0.25) is 4.99 Å². The molecule has 12 heavy (non-hydrogen) atoms. The molecule has 1 saturated carbocycles. The van der Waals surface area contributed by atoms with E-state index in [1.165, 1.54) is 5.22 Å². The molecule has 0 bridgehead atoms. The van der Waals surface area contributed by atoms with Crippen LogP contribution in [0, 0.1) is 11.8 Å². The third kappa shape index (κ3) is 0.697. The summed E-state index contributed by atoms with van der Waals surface area (Å²) in [7, 11) is 0. The molecular formula is C10H10N2. The number of hydrogen-bond acceptors (Lipinski definition) is 2. The van der Waals surface area contributed by atoms with Gasteiger partial charge in [0.25, 0.3) is 0 Å². The first-order chi connectivity index (χ1) is 5.86. The molecule has 1 fully saturated rings. The van der Waals surface area contributed by atoms with Gasteiger partial charge in [0, 0.05) is 17.3 Å². The summed E-state index contributed by atoms with van der Waals surface area (Å²) in [6.07, 6.45) is 4.12. The predicted octanol–water partition coefficient (Wildman–Crippen LogP) is 0.130. The van der Waals surface area contributed by atoms with E-state index in [1.54, 1.807) is 0 Å². The summed E-state index contributed by atoms with van der Waals surface area (Å²) < 4.78 is 0. The molecule has 0 amide bonds. The molecule has 1 aliphatic carbocycles. The van der Waals surface area contributed by atoms with E-state index in [-0.39, 0.29) is 0 Å². The van der Waals surface area contributed by atoms with E-state index in [0.717, 1.165) is 11.4 Å². The minimum absolute atomic E-state index is 0.535. The molecular weight excluding hydrogens is 148 g/mol. The maximum atomic E-state index is 4.56. The molecule has 0 N–H and O–H groups in total. The Hall–Kier alpha value is -1.18. The number of rotatable bonds is 0. The largest absolute Gasteiger partial charge is 0.262 e. The van der Waals surface area contributed by atoms with E-state index in [4.69, 9.17) is 0 Å². The summed E-state index contributed by atoms with van der Waals surface area (Å²) in [5.74, 6) is 1.43. The lowest BCUT2D eigenvalue weighted by Gasteiger charge is -1.95. The Morgan fingerprint density at radius 3 is 3.25 bits per heavy atom. The van der Waals surface area contributed by atoms with E-state index in [0.29, 0.717) is 12.0 Å². The summed E-state index contributed by atoms with van der Waals surface area (Å²) in [6, 6.07) is 4.60. The van der Waals surface area contributed by atoms with Crippen LogP contribution < -0.4 is 10.7 Å². The molecule has 1 aromatic rings. The van der Waals surface area contributed by atoms with E-state index >= 15 is 0 Å². The quantitative estimate of drug-likeness (QED) is 0.527. The fourth-order valence-corrected chi connectivity index (χ4v) is 1.92. The van der Waals surface area contributed by atoms with Crippen molar-refractivity contribution in [3.05, 3.63) is 29.0 Å².